The summed E-state index contributed by atoms with van der Waals surface area (Å²) in [4.78, 5) is 1.89. The van der Waals surface area contributed by atoms with Crippen molar-refractivity contribution in [3.63, 3.8) is 0 Å². The molecule has 112 valence electrons. The normalized spacial score (nSPS) is 10.5. The van der Waals surface area contributed by atoms with Crippen LogP contribution in [0, 0.1) is 12.7 Å². The maximum absolute atomic E-state index is 13.1. The first-order chi connectivity index (χ1) is 9.88. The summed E-state index contributed by atoms with van der Waals surface area (Å²) in [6.45, 7) is 2.65. The number of nitrogens with zero attached hydrogens (tertiary/aromatic N) is 3. The summed E-state index contributed by atoms with van der Waals surface area (Å²) in [7, 11) is 3.78. The highest BCUT2D eigenvalue weighted by Gasteiger charge is 2.10. The van der Waals surface area contributed by atoms with Crippen LogP contribution in [0.15, 0.2) is 24.4 Å². The SMILES string of the molecule is Cc1c(CN(C)C(=S)Nc2ccc(F)c(Cl)c2)cnn1C. The molecule has 0 saturated carbocycles. The number of rotatable bonds is 3. The van der Waals surface area contributed by atoms with Crippen LogP contribution in [0.25, 0.3) is 0 Å². The summed E-state index contributed by atoms with van der Waals surface area (Å²) in [5, 5.41) is 7.83. The van der Waals surface area contributed by atoms with Gasteiger partial charge in [-0.1, -0.05) is 11.6 Å². The zero-order valence-corrected chi connectivity index (χ0v) is 13.6. The number of anilines is 1. The summed E-state index contributed by atoms with van der Waals surface area (Å²) >= 11 is 11.1. The van der Waals surface area contributed by atoms with E-state index in [2.05, 4.69) is 10.4 Å². The molecule has 2 rings (SSSR count). The Labute approximate surface area is 133 Å². The minimum Gasteiger partial charge on any atom is -0.348 e. The van der Waals surface area contributed by atoms with Gasteiger partial charge in [-0.25, -0.2) is 4.39 Å². The fourth-order valence-corrected chi connectivity index (χ4v) is 2.18. The Morgan fingerprint density at radius 3 is 2.81 bits per heavy atom. The molecular weight excluding hydrogens is 311 g/mol. The number of thiocarbonyl (C=S) groups is 1. The number of hydrogen-bond donors (Lipinski definition) is 1. The van der Waals surface area contributed by atoms with E-state index in [9.17, 15) is 4.39 Å². The lowest BCUT2D eigenvalue weighted by molar-refractivity contribution is 0.506. The molecule has 1 aromatic carbocycles. The van der Waals surface area contributed by atoms with Crippen molar-refractivity contribution in [1.82, 2.24) is 14.7 Å². The van der Waals surface area contributed by atoms with Crippen LogP contribution in [0.4, 0.5) is 10.1 Å². The van der Waals surface area contributed by atoms with Gasteiger partial charge in [0.15, 0.2) is 5.11 Å². The Hall–Kier alpha value is -1.66. The first-order valence-electron chi connectivity index (χ1n) is 6.33. The van der Waals surface area contributed by atoms with Crippen molar-refractivity contribution >= 4 is 34.6 Å². The fraction of sp³-hybridized carbons (Fsp3) is 0.286. The number of halogens is 2. The zero-order chi connectivity index (χ0) is 15.6. The van der Waals surface area contributed by atoms with Crippen LogP contribution < -0.4 is 5.32 Å². The molecule has 0 saturated heterocycles. The number of benzene rings is 1. The highest BCUT2D eigenvalue weighted by molar-refractivity contribution is 7.80. The molecule has 7 heteroatoms. The largest absolute Gasteiger partial charge is 0.348 e. The van der Waals surface area contributed by atoms with Gasteiger partial charge >= 0.3 is 0 Å². The highest BCUT2D eigenvalue weighted by atomic mass is 35.5. The van der Waals surface area contributed by atoms with Crippen molar-refractivity contribution in [3.05, 3.63) is 46.5 Å². The van der Waals surface area contributed by atoms with Crippen LogP contribution in [0.5, 0.6) is 0 Å². The molecule has 21 heavy (non-hydrogen) atoms. The molecule has 0 atom stereocenters. The molecule has 0 spiro atoms. The van der Waals surface area contributed by atoms with Crippen LogP contribution in [0.1, 0.15) is 11.3 Å². The van der Waals surface area contributed by atoms with Crippen LogP contribution in [-0.2, 0) is 13.6 Å². The standard InChI is InChI=1S/C14H16ClFN4S/c1-9-10(7-17-20(9)3)8-19(2)14(21)18-11-4-5-13(16)12(15)6-11/h4-7H,8H2,1-3H3,(H,18,21). The van der Waals surface area contributed by atoms with E-state index >= 15 is 0 Å². The molecule has 0 bridgehead atoms. The van der Waals surface area contributed by atoms with Gasteiger partial charge in [0.2, 0.25) is 0 Å². The molecule has 1 aromatic heterocycles. The second kappa shape index (κ2) is 6.41. The molecule has 0 aliphatic rings. The van der Waals surface area contributed by atoms with E-state index in [4.69, 9.17) is 23.8 Å². The van der Waals surface area contributed by atoms with Gasteiger partial charge in [-0.15, -0.1) is 0 Å². The summed E-state index contributed by atoms with van der Waals surface area (Å²) in [5.41, 5.74) is 2.84. The van der Waals surface area contributed by atoms with Crippen molar-refractivity contribution in [2.45, 2.75) is 13.5 Å². The highest BCUT2D eigenvalue weighted by Crippen LogP contribution is 2.20. The Kier molecular flexibility index (Phi) is 4.80. The molecule has 2 aromatic rings. The van der Waals surface area contributed by atoms with E-state index in [1.807, 2.05) is 36.8 Å². The molecule has 1 heterocycles. The van der Waals surface area contributed by atoms with Crippen molar-refractivity contribution in [2.75, 3.05) is 12.4 Å². The Bertz CT molecular complexity index is 671. The second-order valence-electron chi connectivity index (χ2n) is 4.79. The molecule has 0 radical (unpaired) electrons. The van der Waals surface area contributed by atoms with Gasteiger partial charge in [-0.05, 0) is 37.3 Å². The van der Waals surface area contributed by atoms with Gasteiger partial charge in [0, 0.05) is 37.6 Å². The third kappa shape index (κ3) is 3.71. The van der Waals surface area contributed by atoms with Gasteiger partial charge in [-0.2, -0.15) is 5.10 Å². The summed E-state index contributed by atoms with van der Waals surface area (Å²) in [6, 6.07) is 4.40. The van der Waals surface area contributed by atoms with Crippen LogP contribution in [0.2, 0.25) is 5.02 Å². The molecule has 0 unspecified atom stereocenters. The monoisotopic (exact) mass is 326 g/mol. The van der Waals surface area contributed by atoms with Crippen molar-refractivity contribution in [1.29, 1.82) is 0 Å². The maximum atomic E-state index is 13.1. The molecule has 4 nitrogen and oxygen atoms in total. The molecule has 0 aliphatic carbocycles. The lowest BCUT2D eigenvalue weighted by Crippen LogP contribution is -2.30. The predicted molar refractivity (Wildman–Crippen MR) is 87.0 cm³/mol. The van der Waals surface area contributed by atoms with Crippen molar-refractivity contribution in [2.24, 2.45) is 7.05 Å². The van der Waals surface area contributed by atoms with Crippen molar-refractivity contribution < 1.29 is 4.39 Å². The third-order valence-electron chi connectivity index (χ3n) is 3.26. The summed E-state index contributed by atoms with van der Waals surface area (Å²) in [6.07, 6.45) is 1.82. The van der Waals surface area contributed by atoms with Gasteiger partial charge < -0.3 is 10.2 Å². The van der Waals surface area contributed by atoms with Gasteiger partial charge in [0.1, 0.15) is 5.82 Å². The molecule has 0 aliphatic heterocycles. The van der Waals surface area contributed by atoms with Crippen LogP contribution in [0.3, 0.4) is 0 Å². The van der Waals surface area contributed by atoms with E-state index < -0.39 is 5.82 Å². The Morgan fingerprint density at radius 1 is 1.52 bits per heavy atom. The quantitative estimate of drug-likeness (QED) is 0.877. The lowest BCUT2D eigenvalue weighted by Gasteiger charge is -2.21. The zero-order valence-electron chi connectivity index (χ0n) is 12.0. The minimum absolute atomic E-state index is 0.0635. The minimum atomic E-state index is -0.451. The number of aromatic nitrogens is 2. The molecule has 0 fully saturated rings. The third-order valence-corrected chi connectivity index (χ3v) is 3.97. The topological polar surface area (TPSA) is 33.1 Å². The Balaban J connectivity index is 2.02. The first kappa shape index (κ1) is 15.7. The van der Waals surface area contributed by atoms with Gasteiger partial charge in [-0.3, -0.25) is 4.68 Å². The molecular formula is C14H16ClFN4S. The average molecular weight is 327 g/mol. The predicted octanol–water partition coefficient (Wildman–Crippen LogP) is 3.35. The van der Waals surface area contributed by atoms with E-state index in [0.717, 1.165) is 11.3 Å². The number of hydrogen-bond acceptors (Lipinski definition) is 2. The maximum Gasteiger partial charge on any atom is 0.173 e. The van der Waals surface area contributed by atoms with Crippen LogP contribution in [-0.4, -0.2) is 26.8 Å². The lowest BCUT2D eigenvalue weighted by atomic mass is 10.2. The van der Waals surface area contributed by atoms with Crippen LogP contribution >= 0.6 is 23.8 Å². The Morgan fingerprint density at radius 2 is 2.24 bits per heavy atom. The van der Waals surface area contributed by atoms with Gasteiger partial charge in [0.25, 0.3) is 0 Å². The van der Waals surface area contributed by atoms with E-state index in [1.165, 1.54) is 12.1 Å². The smallest absolute Gasteiger partial charge is 0.173 e. The summed E-state index contributed by atoms with van der Waals surface area (Å²) in [5.74, 6) is -0.451. The van der Waals surface area contributed by atoms with Crippen molar-refractivity contribution in [3.8, 4) is 0 Å². The second-order valence-corrected chi connectivity index (χ2v) is 5.59. The fourth-order valence-electron chi connectivity index (χ4n) is 1.82. The van der Waals surface area contributed by atoms with Gasteiger partial charge in [0.05, 0.1) is 11.2 Å². The first-order valence-corrected chi connectivity index (χ1v) is 7.11. The van der Waals surface area contributed by atoms with E-state index in [-0.39, 0.29) is 5.02 Å². The average Bonchev–Trinajstić information content (AvgIpc) is 2.75. The number of aryl methyl sites for hydroxylation is 1. The summed E-state index contributed by atoms with van der Waals surface area (Å²) < 4.78 is 14.9. The number of nitrogens with one attached hydrogen (secondary N) is 1. The molecule has 0 amide bonds. The van der Waals surface area contributed by atoms with E-state index in [0.29, 0.717) is 17.3 Å². The molecule has 1 N–H and O–H groups in total. The van der Waals surface area contributed by atoms with E-state index in [1.54, 1.807) is 6.07 Å².